The summed E-state index contributed by atoms with van der Waals surface area (Å²) in [6.45, 7) is 0.436. The number of hydrogen-bond donors (Lipinski definition) is 2. The van der Waals surface area contributed by atoms with Crippen LogP contribution in [0.15, 0.2) is 0 Å². The first-order valence-corrected chi connectivity index (χ1v) is 3.10. The van der Waals surface area contributed by atoms with Crippen molar-refractivity contribution < 1.29 is 14.7 Å². The normalized spacial score (nSPS) is 9.30. The number of aliphatic carboxylic acids is 1. The summed E-state index contributed by atoms with van der Waals surface area (Å²) in [5.41, 5.74) is 5.11. The van der Waals surface area contributed by atoms with Crippen molar-refractivity contribution in [3.63, 3.8) is 0 Å². The number of hydrogen-bond acceptors (Lipinski definition) is 3. The van der Waals surface area contributed by atoms with E-state index >= 15 is 0 Å². The fourth-order valence-corrected chi connectivity index (χ4v) is 0.556. The van der Waals surface area contributed by atoms with Gasteiger partial charge in [0.2, 0.25) is 0 Å². The second kappa shape index (κ2) is 4.93. The molecule has 0 heterocycles. The van der Waals surface area contributed by atoms with E-state index in [1.165, 1.54) is 0 Å². The Morgan fingerprint density at radius 2 is 2.00 bits per heavy atom. The van der Waals surface area contributed by atoms with E-state index in [2.05, 4.69) is 0 Å². The topological polar surface area (TPSA) is 80.4 Å². The smallest absolute Gasteiger partial charge is 0.310 e. The average Bonchev–Trinajstić information content (AvgIpc) is 1.82. The fraction of sp³-hybridized carbons (Fsp3) is 0.667. The average molecular weight is 145 g/mol. The first kappa shape index (κ1) is 9.10. The van der Waals surface area contributed by atoms with Crippen LogP contribution in [0.25, 0.3) is 0 Å². The zero-order chi connectivity index (χ0) is 7.98. The Balaban J connectivity index is 3.35. The van der Waals surface area contributed by atoms with Gasteiger partial charge in [-0.3, -0.25) is 9.59 Å². The number of carbonyl (C=O) groups is 2. The third kappa shape index (κ3) is 5.24. The summed E-state index contributed by atoms with van der Waals surface area (Å²) in [5, 5.41) is 8.13. The molecule has 0 amide bonds. The Bertz CT molecular complexity index is 133. The quantitative estimate of drug-likeness (QED) is 0.523. The predicted molar refractivity (Wildman–Crippen MR) is 35.5 cm³/mol. The number of carboxylic acid groups (broad SMARTS) is 1. The van der Waals surface area contributed by atoms with Crippen molar-refractivity contribution in [1.82, 2.24) is 0 Å². The Kier molecular flexibility index (Phi) is 4.49. The van der Waals surface area contributed by atoms with Crippen LogP contribution in [0.2, 0.25) is 0 Å². The molecule has 10 heavy (non-hydrogen) atoms. The van der Waals surface area contributed by atoms with E-state index in [4.69, 9.17) is 10.8 Å². The standard InChI is InChI=1S/C6H11NO3/c7-3-1-2-5(8)4-6(9)10/h1-4,7H2,(H,9,10). The van der Waals surface area contributed by atoms with Crippen LogP contribution in [-0.4, -0.2) is 23.4 Å². The van der Waals surface area contributed by atoms with E-state index in [0.29, 0.717) is 13.0 Å². The number of ketones is 1. The van der Waals surface area contributed by atoms with Crippen LogP contribution in [0.5, 0.6) is 0 Å². The van der Waals surface area contributed by atoms with Gasteiger partial charge in [0.1, 0.15) is 12.2 Å². The van der Waals surface area contributed by atoms with Crippen molar-refractivity contribution in [1.29, 1.82) is 0 Å². The maximum Gasteiger partial charge on any atom is 0.310 e. The Hall–Kier alpha value is -0.900. The van der Waals surface area contributed by atoms with Crippen molar-refractivity contribution in [2.45, 2.75) is 19.3 Å². The third-order valence-electron chi connectivity index (χ3n) is 1.01. The second-order valence-corrected chi connectivity index (χ2v) is 2.00. The summed E-state index contributed by atoms with van der Waals surface area (Å²) in [6, 6.07) is 0. The molecule has 3 N–H and O–H groups in total. The van der Waals surface area contributed by atoms with E-state index in [0.717, 1.165) is 0 Å². The fourth-order valence-electron chi connectivity index (χ4n) is 0.556. The molecule has 0 aliphatic heterocycles. The van der Waals surface area contributed by atoms with E-state index in [1.807, 2.05) is 0 Å². The van der Waals surface area contributed by atoms with Gasteiger partial charge in [0, 0.05) is 6.42 Å². The van der Waals surface area contributed by atoms with Gasteiger partial charge in [0.25, 0.3) is 0 Å². The maximum atomic E-state index is 10.6. The summed E-state index contributed by atoms with van der Waals surface area (Å²) in [5.74, 6) is -1.32. The van der Waals surface area contributed by atoms with Crippen LogP contribution in [0.4, 0.5) is 0 Å². The van der Waals surface area contributed by atoms with Crippen LogP contribution in [0, 0.1) is 0 Å². The predicted octanol–water partition coefficient (Wildman–Crippen LogP) is -0.231. The Morgan fingerprint density at radius 1 is 1.40 bits per heavy atom. The van der Waals surface area contributed by atoms with E-state index in [9.17, 15) is 9.59 Å². The van der Waals surface area contributed by atoms with Gasteiger partial charge in [-0.25, -0.2) is 0 Å². The van der Waals surface area contributed by atoms with E-state index in [-0.39, 0.29) is 18.6 Å². The third-order valence-corrected chi connectivity index (χ3v) is 1.01. The zero-order valence-corrected chi connectivity index (χ0v) is 5.67. The number of carboxylic acids is 1. The Morgan fingerprint density at radius 3 is 2.40 bits per heavy atom. The highest BCUT2D eigenvalue weighted by Crippen LogP contribution is 1.92. The summed E-state index contributed by atoms with van der Waals surface area (Å²) < 4.78 is 0. The van der Waals surface area contributed by atoms with E-state index < -0.39 is 5.97 Å². The summed E-state index contributed by atoms with van der Waals surface area (Å²) in [4.78, 5) is 20.5. The molecule has 4 heteroatoms. The highest BCUT2D eigenvalue weighted by Gasteiger charge is 2.05. The largest absolute Gasteiger partial charge is 0.481 e. The molecule has 4 nitrogen and oxygen atoms in total. The molecule has 0 aromatic rings. The van der Waals surface area contributed by atoms with Gasteiger partial charge >= 0.3 is 5.97 Å². The molecule has 0 aromatic heterocycles. The number of carbonyl (C=O) groups excluding carboxylic acids is 1. The molecule has 0 bridgehead atoms. The molecule has 58 valence electrons. The molecular weight excluding hydrogens is 134 g/mol. The van der Waals surface area contributed by atoms with Gasteiger partial charge < -0.3 is 10.8 Å². The first-order valence-electron chi connectivity index (χ1n) is 3.10. The molecule has 0 fully saturated rings. The van der Waals surface area contributed by atoms with Crippen molar-refractivity contribution in [2.75, 3.05) is 6.54 Å². The summed E-state index contributed by atoms with van der Waals surface area (Å²) >= 11 is 0. The van der Waals surface area contributed by atoms with Gasteiger partial charge in [-0.1, -0.05) is 0 Å². The van der Waals surface area contributed by atoms with Crippen LogP contribution >= 0.6 is 0 Å². The zero-order valence-electron chi connectivity index (χ0n) is 5.67. The second-order valence-electron chi connectivity index (χ2n) is 2.00. The monoisotopic (exact) mass is 145 g/mol. The van der Waals surface area contributed by atoms with Gasteiger partial charge in [-0.05, 0) is 13.0 Å². The van der Waals surface area contributed by atoms with Crippen LogP contribution in [0.3, 0.4) is 0 Å². The molecule has 0 rings (SSSR count). The van der Waals surface area contributed by atoms with Crippen molar-refractivity contribution in [3.05, 3.63) is 0 Å². The molecule has 0 atom stereocenters. The first-order chi connectivity index (χ1) is 4.66. The maximum absolute atomic E-state index is 10.6. The van der Waals surface area contributed by atoms with Gasteiger partial charge in [-0.2, -0.15) is 0 Å². The molecule has 0 saturated carbocycles. The SMILES string of the molecule is NCCCC(=O)CC(=O)O. The van der Waals surface area contributed by atoms with Crippen LogP contribution < -0.4 is 5.73 Å². The summed E-state index contributed by atoms with van der Waals surface area (Å²) in [7, 11) is 0. The molecule has 0 saturated heterocycles. The lowest BCUT2D eigenvalue weighted by atomic mass is 10.2. The highest BCUT2D eigenvalue weighted by atomic mass is 16.4. The van der Waals surface area contributed by atoms with Gasteiger partial charge in [0.05, 0.1) is 0 Å². The highest BCUT2D eigenvalue weighted by molar-refractivity contribution is 5.94. The molecule has 0 aromatic carbocycles. The van der Waals surface area contributed by atoms with Crippen LogP contribution in [0.1, 0.15) is 19.3 Å². The van der Waals surface area contributed by atoms with Crippen molar-refractivity contribution >= 4 is 11.8 Å². The van der Waals surface area contributed by atoms with Gasteiger partial charge in [0.15, 0.2) is 0 Å². The molecule has 0 radical (unpaired) electrons. The lowest BCUT2D eigenvalue weighted by Gasteiger charge is -1.93. The molecule has 0 aliphatic rings. The minimum absolute atomic E-state index is 0.252. The van der Waals surface area contributed by atoms with Crippen LogP contribution in [-0.2, 0) is 9.59 Å². The molecule has 0 unspecified atom stereocenters. The number of nitrogens with two attached hydrogens (primary N) is 1. The minimum Gasteiger partial charge on any atom is -0.481 e. The Labute approximate surface area is 59.0 Å². The molecule has 0 aliphatic carbocycles. The minimum atomic E-state index is -1.07. The molecule has 0 spiro atoms. The van der Waals surface area contributed by atoms with Crippen molar-refractivity contribution in [3.8, 4) is 0 Å². The lowest BCUT2D eigenvalue weighted by molar-refractivity contribution is -0.140. The summed E-state index contributed by atoms with van der Waals surface area (Å²) in [6.07, 6.45) is 0.481. The van der Waals surface area contributed by atoms with Crippen molar-refractivity contribution in [2.24, 2.45) is 5.73 Å². The molecular formula is C6H11NO3. The lowest BCUT2D eigenvalue weighted by Crippen LogP contribution is -2.08. The van der Waals surface area contributed by atoms with E-state index in [1.54, 1.807) is 0 Å². The van der Waals surface area contributed by atoms with Gasteiger partial charge in [-0.15, -0.1) is 0 Å². The number of rotatable bonds is 5. The number of Topliss-reactive ketones (excluding diaryl/α,β-unsaturated/α-hetero) is 1.